The lowest BCUT2D eigenvalue weighted by Gasteiger charge is -2.29. The van der Waals surface area contributed by atoms with Crippen LogP contribution >= 0.6 is 0 Å². The van der Waals surface area contributed by atoms with Gasteiger partial charge in [-0.2, -0.15) is 0 Å². The lowest BCUT2D eigenvalue weighted by Crippen LogP contribution is -2.37. The van der Waals surface area contributed by atoms with Crippen LogP contribution in [0, 0.1) is 18.2 Å². The van der Waals surface area contributed by atoms with Gasteiger partial charge in [0.05, 0.1) is 19.3 Å². The Kier molecular flexibility index (Phi) is 6.65. The fraction of sp³-hybridized carbons (Fsp3) is 0.545. The van der Waals surface area contributed by atoms with Crippen molar-refractivity contribution in [1.82, 2.24) is 0 Å². The third-order valence-corrected chi connectivity index (χ3v) is 4.80. The number of ether oxygens (including phenoxy) is 3. The molecule has 0 spiro atoms. The summed E-state index contributed by atoms with van der Waals surface area (Å²) in [7, 11) is 1.29. The van der Waals surface area contributed by atoms with E-state index in [4.69, 9.17) is 19.6 Å². The molecule has 0 saturated heterocycles. The average molecular weight is 391 g/mol. The highest BCUT2D eigenvalue weighted by atomic mass is 19.1. The smallest absolute Gasteiger partial charge is 0.339 e. The molecule has 1 N–H and O–H groups in total. The zero-order valence-electron chi connectivity index (χ0n) is 17.8. The molecule has 0 fully saturated rings. The van der Waals surface area contributed by atoms with Crippen LogP contribution in [0.15, 0.2) is 11.6 Å². The van der Waals surface area contributed by atoms with Crippen LogP contribution in [0.25, 0.3) is 5.57 Å². The van der Waals surface area contributed by atoms with Crippen LogP contribution in [0.2, 0.25) is 0 Å². The Bertz CT molecular complexity index is 821. The van der Waals surface area contributed by atoms with Gasteiger partial charge in [-0.15, -0.1) is 0 Å². The van der Waals surface area contributed by atoms with E-state index in [1.807, 2.05) is 27.7 Å². The molecular weight excluding hydrogens is 361 g/mol. The van der Waals surface area contributed by atoms with Gasteiger partial charge in [-0.3, -0.25) is 0 Å². The molecule has 1 aliphatic heterocycles. The summed E-state index contributed by atoms with van der Waals surface area (Å²) in [6.07, 6.45) is 0.488. The van der Waals surface area contributed by atoms with Gasteiger partial charge in [0.2, 0.25) is 0 Å². The largest absolute Gasteiger partial charge is 0.490 e. The van der Waals surface area contributed by atoms with E-state index >= 15 is 0 Å². The Morgan fingerprint density at radius 3 is 2.50 bits per heavy atom. The summed E-state index contributed by atoms with van der Waals surface area (Å²) in [6.45, 7) is 11.3. The fourth-order valence-electron chi connectivity index (χ4n) is 3.55. The molecule has 28 heavy (non-hydrogen) atoms. The molecule has 0 bridgehead atoms. The second-order valence-electron chi connectivity index (χ2n) is 8.09. The number of allylic oxidation sites excluding steroid dienone is 1. The van der Waals surface area contributed by atoms with E-state index in [0.717, 1.165) is 24.0 Å². The zero-order valence-corrected chi connectivity index (χ0v) is 17.8. The molecule has 1 aromatic carbocycles. The number of rotatable bonds is 5. The van der Waals surface area contributed by atoms with Gasteiger partial charge in [0.1, 0.15) is 0 Å². The molecule has 0 radical (unpaired) electrons. The van der Waals surface area contributed by atoms with Crippen LogP contribution in [0.3, 0.4) is 0 Å². The standard InChI is InChI=1S/C22H30FNO4/c1-12-15-9-8-10-27-19(15)17(23)11-16(12)13(2)18(14(3)24)20(21(25)26-7)28-22(4,5)6/h11,20,24H,8-10H2,1-7H3/b18-13-,24-14?/t20-/m0/s1. The Labute approximate surface area is 166 Å². The molecule has 6 heteroatoms. The second kappa shape index (κ2) is 8.43. The minimum atomic E-state index is -1.07. The van der Waals surface area contributed by atoms with Crippen LogP contribution in [0.1, 0.15) is 57.7 Å². The van der Waals surface area contributed by atoms with Crippen molar-refractivity contribution in [3.63, 3.8) is 0 Å². The molecular formula is C22H30FNO4. The lowest BCUT2D eigenvalue weighted by atomic mass is 9.88. The number of nitrogens with one attached hydrogen (secondary N) is 1. The molecule has 2 rings (SSSR count). The molecule has 0 aliphatic carbocycles. The number of hydrogen-bond donors (Lipinski definition) is 1. The zero-order chi connectivity index (χ0) is 21.2. The minimum absolute atomic E-state index is 0.172. The van der Waals surface area contributed by atoms with Crippen molar-refractivity contribution in [2.45, 2.75) is 66.1 Å². The van der Waals surface area contributed by atoms with Crippen LogP contribution in [-0.4, -0.2) is 37.1 Å². The normalized spacial score (nSPS) is 15.9. The SMILES string of the molecule is COC(=O)[C@@H](OC(C)(C)C)/C(C(C)=N)=C(/C)c1cc(F)c2c(c1C)CCCO2. The number of halogens is 1. The van der Waals surface area contributed by atoms with Crippen molar-refractivity contribution in [2.24, 2.45) is 0 Å². The van der Waals surface area contributed by atoms with Crippen LogP contribution in [0.5, 0.6) is 5.75 Å². The Morgan fingerprint density at radius 2 is 1.96 bits per heavy atom. The van der Waals surface area contributed by atoms with E-state index < -0.39 is 23.5 Å². The lowest BCUT2D eigenvalue weighted by molar-refractivity contribution is -0.158. The summed E-state index contributed by atoms with van der Waals surface area (Å²) < 4.78 is 31.1. The number of fused-ring (bicyclic) bond motifs is 1. The van der Waals surface area contributed by atoms with E-state index in [1.54, 1.807) is 13.8 Å². The van der Waals surface area contributed by atoms with Gasteiger partial charge in [-0.05, 0) is 77.2 Å². The topological polar surface area (TPSA) is 68.6 Å². The molecule has 1 atom stereocenters. The maximum Gasteiger partial charge on any atom is 0.339 e. The average Bonchev–Trinajstić information content (AvgIpc) is 2.62. The van der Waals surface area contributed by atoms with Crippen molar-refractivity contribution in [1.29, 1.82) is 5.41 Å². The fourth-order valence-corrected chi connectivity index (χ4v) is 3.55. The highest BCUT2D eigenvalue weighted by Crippen LogP contribution is 2.37. The number of hydrogen-bond acceptors (Lipinski definition) is 5. The van der Waals surface area contributed by atoms with Gasteiger partial charge in [0, 0.05) is 16.8 Å². The van der Waals surface area contributed by atoms with E-state index in [9.17, 15) is 9.18 Å². The van der Waals surface area contributed by atoms with Gasteiger partial charge < -0.3 is 19.6 Å². The maximum atomic E-state index is 14.7. The number of carbonyl (C=O) groups excluding carboxylic acids is 1. The predicted molar refractivity (Wildman–Crippen MR) is 108 cm³/mol. The molecule has 154 valence electrons. The number of esters is 1. The maximum absolute atomic E-state index is 14.7. The molecule has 1 heterocycles. The predicted octanol–water partition coefficient (Wildman–Crippen LogP) is 4.63. The second-order valence-corrected chi connectivity index (χ2v) is 8.09. The van der Waals surface area contributed by atoms with Crippen molar-refractivity contribution < 1.29 is 23.4 Å². The summed E-state index contributed by atoms with van der Waals surface area (Å²) in [5.74, 6) is -0.706. The summed E-state index contributed by atoms with van der Waals surface area (Å²) in [5.41, 5.74) is 2.93. The number of methoxy groups -OCH3 is 1. The highest BCUT2D eigenvalue weighted by molar-refractivity contribution is 6.08. The first kappa shape index (κ1) is 22.1. The third-order valence-electron chi connectivity index (χ3n) is 4.80. The van der Waals surface area contributed by atoms with Crippen molar-refractivity contribution in [3.05, 3.63) is 34.1 Å². The third kappa shape index (κ3) is 4.61. The van der Waals surface area contributed by atoms with E-state index in [0.29, 0.717) is 29.1 Å². The van der Waals surface area contributed by atoms with E-state index in [-0.39, 0.29) is 5.71 Å². The van der Waals surface area contributed by atoms with E-state index in [2.05, 4.69) is 0 Å². The molecule has 0 aromatic heterocycles. The molecule has 1 aliphatic rings. The Morgan fingerprint density at radius 1 is 1.32 bits per heavy atom. The summed E-state index contributed by atoms with van der Waals surface area (Å²) in [5, 5.41) is 8.29. The molecule has 0 unspecified atom stereocenters. The first-order valence-corrected chi connectivity index (χ1v) is 9.45. The van der Waals surface area contributed by atoms with Crippen LogP contribution < -0.4 is 4.74 Å². The summed E-state index contributed by atoms with van der Waals surface area (Å²) in [4.78, 5) is 12.5. The highest BCUT2D eigenvalue weighted by Gasteiger charge is 2.33. The van der Waals surface area contributed by atoms with Crippen molar-refractivity contribution in [2.75, 3.05) is 13.7 Å². The molecule has 0 saturated carbocycles. The first-order valence-electron chi connectivity index (χ1n) is 9.45. The quantitative estimate of drug-likeness (QED) is 0.587. The number of carbonyl (C=O) groups is 1. The van der Waals surface area contributed by atoms with Crippen molar-refractivity contribution in [3.8, 4) is 5.75 Å². The molecule has 1 aromatic rings. The van der Waals surface area contributed by atoms with Gasteiger partial charge in [0.15, 0.2) is 17.7 Å². The molecule has 5 nitrogen and oxygen atoms in total. The monoisotopic (exact) mass is 391 g/mol. The first-order chi connectivity index (χ1) is 13.0. The van der Waals surface area contributed by atoms with Crippen molar-refractivity contribution >= 4 is 17.3 Å². The molecule has 0 amide bonds. The van der Waals surface area contributed by atoms with Gasteiger partial charge >= 0.3 is 5.97 Å². The van der Waals surface area contributed by atoms with Gasteiger partial charge in [0.25, 0.3) is 0 Å². The van der Waals surface area contributed by atoms with Gasteiger partial charge in [-0.1, -0.05) is 0 Å². The van der Waals surface area contributed by atoms with Gasteiger partial charge in [-0.25, -0.2) is 9.18 Å². The minimum Gasteiger partial charge on any atom is -0.490 e. The van der Waals surface area contributed by atoms with Crippen LogP contribution in [0.4, 0.5) is 4.39 Å². The Balaban J connectivity index is 2.70. The Hall–Kier alpha value is -2.21. The number of benzene rings is 1. The van der Waals surface area contributed by atoms with Crippen LogP contribution in [-0.2, 0) is 20.7 Å². The summed E-state index contributed by atoms with van der Waals surface area (Å²) >= 11 is 0. The summed E-state index contributed by atoms with van der Waals surface area (Å²) in [6, 6.07) is 1.42. The van der Waals surface area contributed by atoms with E-state index in [1.165, 1.54) is 13.2 Å².